The molecule has 1 aromatic rings. The maximum Gasteiger partial charge on any atom is 0.261 e. The number of hydrogen-bond donors (Lipinski definition) is 0. The molecule has 0 bridgehead atoms. The van der Waals surface area contributed by atoms with Crippen molar-refractivity contribution in [2.75, 3.05) is 4.90 Å². The second-order valence-electron chi connectivity index (χ2n) is 3.19. The Hall–Kier alpha value is -0.380. The number of carbonyl (C=O) groups is 1. The van der Waals surface area contributed by atoms with Crippen molar-refractivity contribution >= 4 is 46.6 Å². The Balaban J connectivity index is 2.38. The molecule has 1 aliphatic rings. The minimum absolute atomic E-state index is 0.0508. The minimum atomic E-state index is -1.00. The minimum Gasteiger partial charge on any atom is -0.296 e. The fraction of sp³-hybridized carbons (Fsp3) is 0.300. The van der Waals surface area contributed by atoms with Crippen LogP contribution in [0.2, 0.25) is 0 Å². The van der Waals surface area contributed by atoms with E-state index in [1.54, 1.807) is 16.7 Å². The molecule has 15 heavy (non-hydrogen) atoms. The van der Waals surface area contributed by atoms with Crippen LogP contribution in [0.15, 0.2) is 29.2 Å². The third-order valence-corrected chi connectivity index (χ3v) is 3.73. The van der Waals surface area contributed by atoms with E-state index in [1.165, 1.54) is 0 Å². The zero-order valence-corrected chi connectivity index (χ0v) is 10.3. The van der Waals surface area contributed by atoms with Crippen molar-refractivity contribution in [3.05, 3.63) is 24.3 Å². The quantitative estimate of drug-likeness (QED) is 0.724. The van der Waals surface area contributed by atoms with Gasteiger partial charge >= 0.3 is 0 Å². The molecule has 2 nitrogen and oxygen atoms in total. The summed E-state index contributed by atoms with van der Waals surface area (Å²) in [5.41, 5.74) is 0.895. The summed E-state index contributed by atoms with van der Waals surface area (Å²) < 4.78 is 0. The highest BCUT2D eigenvalue weighted by Gasteiger charge is 2.33. The Morgan fingerprint density at radius 2 is 2.13 bits per heavy atom. The molecular formula is C10H9Cl2NOS. The SMILES string of the molecule is CC1Sc2ccccc2N1C(=O)C(Cl)Cl. The lowest BCUT2D eigenvalue weighted by Gasteiger charge is -2.21. The van der Waals surface area contributed by atoms with Crippen LogP contribution in [0.25, 0.3) is 0 Å². The fourth-order valence-electron chi connectivity index (χ4n) is 1.59. The highest BCUT2D eigenvalue weighted by Crippen LogP contribution is 2.43. The van der Waals surface area contributed by atoms with Crippen molar-refractivity contribution in [3.8, 4) is 0 Å². The number of para-hydroxylation sites is 1. The monoisotopic (exact) mass is 261 g/mol. The first kappa shape index (κ1) is 11.1. The van der Waals surface area contributed by atoms with Crippen molar-refractivity contribution in [2.45, 2.75) is 22.0 Å². The van der Waals surface area contributed by atoms with Crippen molar-refractivity contribution in [1.82, 2.24) is 0 Å². The summed E-state index contributed by atoms with van der Waals surface area (Å²) in [5, 5.41) is 0.0508. The van der Waals surface area contributed by atoms with Crippen LogP contribution in [0.4, 0.5) is 5.69 Å². The van der Waals surface area contributed by atoms with Gasteiger partial charge in [-0.25, -0.2) is 0 Å². The zero-order chi connectivity index (χ0) is 11.0. The number of benzene rings is 1. The first-order valence-electron chi connectivity index (χ1n) is 4.48. The van der Waals surface area contributed by atoms with Crippen LogP contribution in [-0.2, 0) is 4.79 Å². The maximum absolute atomic E-state index is 11.8. The van der Waals surface area contributed by atoms with Crippen LogP contribution in [0.3, 0.4) is 0 Å². The molecule has 0 N–H and O–H groups in total. The molecule has 1 aliphatic heterocycles. The van der Waals surface area contributed by atoms with Gasteiger partial charge in [-0.15, -0.1) is 0 Å². The zero-order valence-electron chi connectivity index (χ0n) is 7.98. The van der Waals surface area contributed by atoms with Crippen LogP contribution in [0.5, 0.6) is 0 Å². The van der Waals surface area contributed by atoms with Gasteiger partial charge in [0.2, 0.25) is 0 Å². The molecule has 1 amide bonds. The molecule has 0 spiro atoms. The van der Waals surface area contributed by atoms with Crippen LogP contribution in [0.1, 0.15) is 6.92 Å². The Labute approximate surface area is 103 Å². The number of nitrogens with zero attached hydrogens (tertiary/aromatic N) is 1. The normalized spacial score (nSPS) is 19.5. The predicted molar refractivity (Wildman–Crippen MR) is 64.7 cm³/mol. The van der Waals surface area contributed by atoms with Gasteiger partial charge in [-0.2, -0.15) is 0 Å². The molecule has 0 saturated carbocycles. The highest BCUT2D eigenvalue weighted by molar-refractivity contribution is 8.00. The number of rotatable bonds is 1. The number of halogens is 2. The molecule has 1 atom stereocenters. The van der Waals surface area contributed by atoms with Gasteiger partial charge < -0.3 is 0 Å². The Kier molecular flexibility index (Phi) is 3.14. The van der Waals surface area contributed by atoms with E-state index in [-0.39, 0.29) is 11.3 Å². The van der Waals surface area contributed by atoms with Gasteiger partial charge in [-0.05, 0) is 19.1 Å². The van der Waals surface area contributed by atoms with E-state index in [0.717, 1.165) is 10.6 Å². The third kappa shape index (κ3) is 1.96. The molecule has 0 fully saturated rings. The van der Waals surface area contributed by atoms with Crippen LogP contribution in [-0.4, -0.2) is 16.1 Å². The average Bonchev–Trinajstić information content (AvgIpc) is 2.52. The number of amides is 1. The Morgan fingerprint density at radius 3 is 2.80 bits per heavy atom. The van der Waals surface area contributed by atoms with Crippen LogP contribution >= 0.6 is 35.0 Å². The lowest BCUT2D eigenvalue weighted by Crippen LogP contribution is -2.37. The van der Waals surface area contributed by atoms with Gasteiger partial charge in [0, 0.05) is 4.90 Å². The van der Waals surface area contributed by atoms with Crippen molar-refractivity contribution < 1.29 is 4.79 Å². The molecule has 0 aliphatic carbocycles. The molecule has 1 aromatic carbocycles. The average molecular weight is 262 g/mol. The summed E-state index contributed by atoms with van der Waals surface area (Å²) in [5.74, 6) is -0.261. The van der Waals surface area contributed by atoms with E-state index in [9.17, 15) is 4.79 Å². The van der Waals surface area contributed by atoms with E-state index in [2.05, 4.69) is 0 Å². The predicted octanol–water partition coefficient (Wildman–Crippen LogP) is 3.28. The number of anilines is 1. The van der Waals surface area contributed by atoms with Gasteiger partial charge in [-0.3, -0.25) is 9.69 Å². The van der Waals surface area contributed by atoms with Crippen LogP contribution in [0, 0.1) is 0 Å². The summed E-state index contributed by atoms with van der Waals surface area (Å²) >= 11 is 12.8. The van der Waals surface area contributed by atoms with E-state index < -0.39 is 4.84 Å². The number of thioether (sulfide) groups is 1. The molecule has 5 heteroatoms. The number of alkyl halides is 2. The van der Waals surface area contributed by atoms with Gasteiger partial charge in [0.05, 0.1) is 11.1 Å². The fourth-order valence-corrected chi connectivity index (χ4v) is 2.94. The first-order chi connectivity index (χ1) is 7.11. The van der Waals surface area contributed by atoms with Gasteiger partial charge in [0.25, 0.3) is 5.91 Å². The molecule has 2 rings (SSSR count). The highest BCUT2D eigenvalue weighted by atomic mass is 35.5. The summed E-state index contributed by atoms with van der Waals surface area (Å²) in [4.78, 5) is 13.5. The van der Waals surface area contributed by atoms with Gasteiger partial charge in [0.15, 0.2) is 4.84 Å². The van der Waals surface area contributed by atoms with Crippen molar-refractivity contribution in [1.29, 1.82) is 0 Å². The van der Waals surface area contributed by atoms with E-state index >= 15 is 0 Å². The van der Waals surface area contributed by atoms with E-state index in [1.807, 2.05) is 31.2 Å². The number of hydrogen-bond acceptors (Lipinski definition) is 2. The smallest absolute Gasteiger partial charge is 0.261 e. The molecule has 0 radical (unpaired) electrons. The summed E-state index contributed by atoms with van der Waals surface area (Å²) in [7, 11) is 0. The van der Waals surface area contributed by atoms with Crippen LogP contribution < -0.4 is 4.90 Å². The Bertz CT molecular complexity index is 397. The number of carbonyl (C=O) groups excluding carboxylic acids is 1. The largest absolute Gasteiger partial charge is 0.296 e. The lowest BCUT2D eigenvalue weighted by atomic mass is 10.3. The topological polar surface area (TPSA) is 20.3 Å². The van der Waals surface area contributed by atoms with Crippen molar-refractivity contribution in [3.63, 3.8) is 0 Å². The maximum atomic E-state index is 11.8. The molecule has 0 aromatic heterocycles. The molecule has 80 valence electrons. The molecule has 0 saturated heterocycles. The first-order valence-corrected chi connectivity index (χ1v) is 6.23. The molecule has 1 heterocycles. The second kappa shape index (κ2) is 4.24. The molecular weight excluding hydrogens is 253 g/mol. The van der Waals surface area contributed by atoms with Gasteiger partial charge in [-0.1, -0.05) is 47.1 Å². The van der Waals surface area contributed by atoms with E-state index in [0.29, 0.717) is 0 Å². The summed E-state index contributed by atoms with van der Waals surface area (Å²) in [6, 6.07) is 7.74. The molecule has 1 unspecified atom stereocenters. The van der Waals surface area contributed by atoms with Gasteiger partial charge in [0.1, 0.15) is 0 Å². The Morgan fingerprint density at radius 1 is 1.47 bits per heavy atom. The standard InChI is InChI=1S/C10H9Cl2NOS/c1-6-13(10(14)9(11)12)7-4-2-3-5-8(7)15-6/h2-6,9H,1H3. The second-order valence-corrected chi connectivity index (χ2v) is 5.65. The summed E-state index contributed by atoms with van der Waals surface area (Å²) in [6.45, 7) is 1.96. The third-order valence-electron chi connectivity index (χ3n) is 2.21. The van der Waals surface area contributed by atoms with E-state index in [4.69, 9.17) is 23.2 Å². The lowest BCUT2D eigenvalue weighted by molar-refractivity contribution is -0.117. The number of fused-ring (bicyclic) bond motifs is 1. The summed E-state index contributed by atoms with van der Waals surface area (Å²) in [6.07, 6.45) is 0. The van der Waals surface area contributed by atoms with Crippen molar-refractivity contribution in [2.24, 2.45) is 0 Å².